The Morgan fingerprint density at radius 3 is 2.33 bits per heavy atom. The normalized spacial score (nSPS) is 12.9. The maximum atomic E-state index is 12.7. The fourth-order valence-corrected chi connectivity index (χ4v) is 2.01. The molecule has 0 spiro atoms. The van der Waals surface area contributed by atoms with E-state index in [1.165, 1.54) is 11.4 Å². The van der Waals surface area contributed by atoms with E-state index in [1.807, 2.05) is 0 Å². The Bertz CT molecular complexity index is 379. The lowest BCUT2D eigenvalue weighted by atomic mass is 9.84. The van der Waals surface area contributed by atoms with Crippen LogP contribution in [0.25, 0.3) is 0 Å². The molecule has 1 rings (SSSR count). The number of thiophene rings is 1. The molecule has 0 aliphatic heterocycles. The van der Waals surface area contributed by atoms with Gasteiger partial charge >= 0.3 is 12.1 Å². The second-order valence-corrected chi connectivity index (χ2v) is 4.51. The van der Waals surface area contributed by atoms with E-state index in [0.29, 0.717) is 0 Å². The van der Waals surface area contributed by atoms with Gasteiger partial charge in [-0.1, -0.05) is 0 Å². The van der Waals surface area contributed by atoms with Crippen LogP contribution in [0.4, 0.5) is 13.2 Å². The minimum Gasteiger partial charge on any atom is -0.477 e. The summed E-state index contributed by atoms with van der Waals surface area (Å²) < 4.78 is 38.0. The van der Waals surface area contributed by atoms with Crippen LogP contribution in [0, 0.1) is 0 Å². The topological polar surface area (TPSA) is 37.3 Å². The molecule has 0 saturated carbocycles. The van der Waals surface area contributed by atoms with Gasteiger partial charge in [0, 0.05) is 0 Å². The van der Waals surface area contributed by atoms with E-state index in [1.54, 1.807) is 0 Å². The summed E-state index contributed by atoms with van der Waals surface area (Å²) in [5, 5.41) is 10.1. The summed E-state index contributed by atoms with van der Waals surface area (Å²) >= 11 is 0.801. The van der Waals surface area contributed by atoms with Gasteiger partial charge in [0.1, 0.15) is 4.88 Å². The van der Waals surface area contributed by atoms with Crippen LogP contribution in [0.3, 0.4) is 0 Å². The van der Waals surface area contributed by atoms with Gasteiger partial charge in [-0.25, -0.2) is 4.79 Å². The second-order valence-electron chi connectivity index (χ2n) is 3.59. The van der Waals surface area contributed by atoms with Gasteiger partial charge in [0.05, 0.1) is 5.41 Å². The van der Waals surface area contributed by atoms with Crippen molar-refractivity contribution in [1.29, 1.82) is 0 Å². The molecule has 1 aromatic heterocycles. The number of carbonyl (C=O) groups is 1. The number of carboxylic acid groups (broad SMARTS) is 1. The maximum Gasteiger partial charge on any atom is 0.397 e. The molecule has 6 heteroatoms. The summed E-state index contributed by atoms with van der Waals surface area (Å²) in [6.45, 7) is 1.95. The van der Waals surface area contributed by atoms with Gasteiger partial charge in [-0.05, 0) is 30.9 Å². The third-order valence-electron chi connectivity index (χ3n) is 2.24. The molecule has 1 N–H and O–H groups in total. The molecule has 0 radical (unpaired) electrons. The van der Waals surface area contributed by atoms with Gasteiger partial charge < -0.3 is 5.11 Å². The first-order chi connectivity index (χ1) is 6.68. The van der Waals surface area contributed by atoms with E-state index in [4.69, 9.17) is 5.11 Å². The largest absolute Gasteiger partial charge is 0.477 e. The number of halogens is 3. The first-order valence-electron chi connectivity index (χ1n) is 4.06. The Morgan fingerprint density at radius 2 is 1.93 bits per heavy atom. The number of aromatic carboxylic acids is 1. The standard InChI is InChI=1S/C9H9F3O2S/c1-8(2,9(10,11)12)5-3-4-15-6(5)7(13)14/h3-4H,1-2H3,(H,13,14). The van der Waals surface area contributed by atoms with Crippen LogP contribution in [0.2, 0.25) is 0 Å². The summed E-state index contributed by atoms with van der Waals surface area (Å²) in [6, 6.07) is 1.21. The van der Waals surface area contributed by atoms with E-state index in [2.05, 4.69) is 0 Å². The average molecular weight is 238 g/mol. The fraction of sp³-hybridized carbons (Fsp3) is 0.444. The van der Waals surface area contributed by atoms with Crippen LogP contribution < -0.4 is 0 Å². The SMILES string of the molecule is CC(C)(c1ccsc1C(=O)O)C(F)(F)F. The van der Waals surface area contributed by atoms with Gasteiger partial charge in [0.2, 0.25) is 0 Å². The van der Waals surface area contributed by atoms with Crippen LogP contribution >= 0.6 is 11.3 Å². The van der Waals surface area contributed by atoms with Crippen molar-refractivity contribution in [1.82, 2.24) is 0 Å². The van der Waals surface area contributed by atoms with Gasteiger partial charge in [-0.3, -0.25) is 0 Å². The maximum absolute atomic E-state index is 12.7. The van der Waals surface area contributed by atoms with E-state index in [9.17, 15) is 18.0 Å². The van der Waals surface area contributed by atoms with Gasteiger partial charge in [0.15, 0.2) is 0 Å². The summed E-state index contributed by atoms with van der Waals surface area (Å²) in [5.74, 6) is -1.32. The van der Waals surface area contributed by atoms with Crippen LogP contribution in [0.1, 0.15) is 29.1 Å². The second kappa shape index (κ2) is 3.52. The lowest BCUT2D eigenvalue weighted by Crippen LogP contribution is -2.37. The van der Waals surface area contributed by atoms with Crippen molar-refractivity contribution in [3.05, 3.63) is 21.9 Å². The Labute approximate surface area is 88.3 Å². The number of hydrogen-bond donors (Lipinski definition) is 1. The Hall–Kier alpha value is -1.04. The van der Waals surface area contributed by atoms with Crippen LogP contribution in [-0.2, 0) is 5.41 Å². The van der Waals surface area contributed by atoms with Crippen molar-refractivity contribution in [2.45, 2.75) is 25.4 Å². The predicted octanol–water partition coefficient (Wildman–Crippen LogP) is 3.29. The zero-order valence-corrected chi connectivity index (χ0v) is 8.87. The predicted molar refractivity (Wildman–Crippen MR) is 50.4 cm³/mol. The molecule has 0 amide bonds. The molecule has 0 aliphatic rings. The van der Waals surface area contributed by atoms with E-state index in [0.717, 1.165) is 25.2 Å². The third-order valence-corrected chi connectivity index (χ3v) is 3.14. The molecule has 0 aromatic carbocycles. The summed E-state index contributed by atoms with van der Waals surface area (Å²) in [6.07, 6.45) is -4.46. The van der Waals surface area contributed by atoms with Crippen molar-refractivity contribution in [2.75, 3.05) is 0 Å². The van der Waals surface area contributed by atoms with Crippen LogP contribution in [0.15, 0.2) is 11.4 Å². The number of carboxylic acids is 1. The lowest BCUT2D eigenvalue weighted by molar-refractivity contribution is -0.180. The molecular formula is C9H9F3O2S. The molecule has 1 heterocycles. The number of alkyl halides is 3. The molecule has 1 aromatic rings. The molecule has 0 fully saturated rings. The first-order valence-corrected chi connectivity index (χ1v) is 4.94. The van der Waals surface area contributed by atoms with Crippen molar-refractivity contribution >= 4 is 17.3 Å². The van der Waals surface area contributed by atoms with Gasteiger partial charge in [-0.15, -0.1) is 11.3 Å². The van der Waals surface area contributed by atoms with Gasteiger partial charge in [-0.2, -0.15) is 13.2 Å². The lowest BCUT2D eigenvalue weighted by Gasteiger charge is -2.27. The zero-order chi connectivity index (χ0) is 11.9. The zero-order valence-electron chi connectivity index (χ0n) is 8.05. The van der Waals surface area contributed by atoms with Crippen molar-refractivity contribution in [2.24, 2.45) is 0 Å². The van der Waals surface area contributed by atoms with E-state index < -0.39 is 17.6 Å². The quantitative estimate of drug-likeness (QED) is 0.858. The fourth-order valence-electron chi connectivity index (χ4n) is 1.12. The summed E-state index contributed by atoms with van der Waals surface area (Å²) in [7, 11) is 0. The van der Waals surface area contributed by atoms with Crippen LogP contribution in [-0.4, -0.2) is 17.3 Å². The highest BCUT2D eigenvalue weighted by Gasteiger charge is 2.50. The molecule has 0 unspecified atom stereocenters. The minimum absolute atomic E-state index is 0.187. The molecule has 0 aliphatic carbocycles. The van der Waals surface area contributed by atoms with Crippen molar-refractivity contribution in [3.8, 4) is 0 Å². The monoisotopic (exact) mass is 238 g/mol. The van der Waals surface area contributed by atoms with Crippen molar-refractivity contribution < 1.29 is 23.1 Å². The molecule has 0 atom stereocenters. The average Bonchev–Trinajstić information content (AvgIpc) is 2.48. The highest BCUT2D eigenvalue weighted by molar-refractivity contribution is 7.12. The summed E-state index contributed by atoms with van der Waals surface area (Å²) in [5.41, 5.74) is -2.33. The van der Waals surface area contributed by atoms with Gasteiger partial charge in [0.25, 0.3) is 0 Å². The molecule has 15 heavy (non-hydrogen) atoms. The Kier molecular flexibility index (Phi) is 2.82. The third kappa shape index (κ3) is 1.99. The van der Waals surface area contributed by atoms with Crippen molar-refractivity contribution in [3.63, 3.8) is 0 Å². The van der Waals surface area contributed by atoms with E-state index in [-0.39, 0.29) is 10.4 Å². The number of rotatable bonds is 2. The first kappa shape index (κ1) is 12.0. The minimum atomic E-state index is -4.46. The van der Waals surface area contributed by atoms with Crippen LogP contribution in [0.5, 0.6) is 0 Å². The molecule has 0 saturated heterocycles. The van der Waals surface area contributed by atoms with E-state index >= 15 is 0 Å². The summed E-state index contributed by atoms with van der Waals surface area (Å²) in [4.78, 5) is 10.4. The highest BCUT2D eigenvalue weighted by atomic mass is 32.1. The molecule has 84 valence electrons. The smallest absolute Gasteiger partial charge is 0.397 e. The highest BCUT2D eigenvalue weighted by Crippen LogP contribution is 2.42. The molecule has 0 bridgehead atoms. The molecule has 2 nitrogen and oxygen atoms in total. The Morgan fingerprint density at radius 1 is 1.40 bits per heavy atom. The Balaban J connectivity index is 3.27. The molecular weight excluding hydrogens is 229 g/mol. The number of hydrogen-bond acceptors (Lipinski definition) is 2.